The third-order valence-corrected chi connectivity index (χ3v) is 4.09. The van der Waals surface area contributed by atoms with Gasteiger partial charge in [0.25, 0.3) is 0 Å². The van der Waals surface area contributed by atoms with Crippen molar-refractivity contribution in [1.29, 1.82) is 0 Å². The Labute approximate surface area is 166 Å². The van der Waals surface area contributed by atoms with E-state index in [1.807, 2.05) is 54.6 Å². The average molecular weight is 435 g/mol. The number of carbonyl (C=O) groups is 2. The number of carbonyl (C=O) groups excluding carboxylic acids is 2. The van der Waals surface area contributed by atoms with E-state index in [9.17, 15) is 9.59 Å². The average Bonchev–Trinajstić information content (AvgIpc) is 2.61. The highest BCUT2D eigenvalue weighted by Crippen LogP contribution is 2.15. The summed E-state index contributed by atoms with van der Waals surface area (Å²) in [4.78, 5) is 23.6. The largest absolute Gasteiger partial charge is 0.465 e. The molecule has 0 aliphatic rings. The highest BCUT2D eigenvalue weighted by atomic mass is 79.9. The molecule has 0 fully saturated rings. The van der Waals surface area contributed by atoms with Gasteiger partial charge in [-0.3, -0.25) is 9.59 Å². The molecule has 26 heavy (non-hydrogen) atoms. The normalized spacial score (nSPS) is 10.0. The van der Waals surface area contributed by atoms with Crippen LogP contribution in [0, 0.1) is 0 Å². The quantitative estimate of drug-likeness (QED) is 0.511. The molecule has 0 aliphatic carbocycles. The maximum absolute atomic E-state index is 11.9. The molecule has 1 amide bonds. The van der Waals surface area contributed by atoms with Gasteiger partial charge in [0.2, 0.25) is 5.91 Å². The molecule has 0 heterocycles. The zero-order chi connectivity index (χ0) is 18.8. The van der Waals surface area contributed by atoms with Crippen LogP contribution in [0.5, 0.6) is 0 Å². The Kier molecular flexibility index (Phi) is 8.24. The predicted molar refractivity (Wildman–Crippen MR) is 109 cm³/mol. The molecule has 5 nitrogen and oxygen atoms in total. The van der Waals surface area contributed by atoms with E-state index in [2.05, 4.69) is 26.6 Å². The van der Waals surface area contributed by atoms with Crippen LogP contribution in [0.3, 0.4) is 0 Å². The van der Waals surface area contributed by atoms with Gasteiger partial charge in [0.15, 0.2) is 5.11 Å². The summed E-state index contributed by atoms with van der Waals surface area (Å²) in [6.07, 6.45) is 0.685. The van der Waals surface area contributed by atoms with Crippen LogP contribution >= 0.6 is 28.1 Å². The van der Waals surface area contributed by atoms with Crippen LogP contribution in [0.2, 0.25) is 0 Å². The van der Waals surface area contributed by atoms with Gasteiger partial charge in [-0.1, -0.05) is 52.3 Å². The summed E-state index contributed by atoms with van der Waals surface area (Å²) in [5, 5.41) is 5.64. The van der Waals surface area contributed by atoms with Gasteiger partial charge >= 0.3 is 5.97 Å². The van der Waals surface area contributed by atoms with Crippen LogP contribution in [0.1, 0.15) is 18.4 Å². The van der Waals surface area contributed by atoms with Crippen LogP contribution < -0.4 is 10.6 Å². The monoisotopic (exact) mass is 434 g/mol. The zero-order valence-electron chi connectivity index (χ0n) is 14.0. The van der Waals surface area contributed by atoms with Crippen molar-refractivity contribution in [3.63, 3.8) is 0 Å². The van der Waals surface area contributed by atoms with Gasteiger partial charge in [0, 0.05) is 23.0 Å². The van der Waals surface area contributed by atoms with Crippen LogP contribution in [0.25, 0.3) is 0 Å². The summed E-state index contributed by atoms with van der Waals surface area (Å²) in [5.74, 6) is -0.737. The number of halogens is 1. The summed E-state index contributed by atoms with van der Waals surface area (Å²) in [6, 6.07) is 17.2. The first-order valence-electron chi connectivity index (χ1n) is 8.09. The second kappa shape index (κ2) is 10.7. The van der Waals surface area contributed by atoms with E-state index < -0.39 is 5.97 Å². The van der Waals surface area contributed by atoms with Crippen LogP contribution in [-0.2, 0) is 20.7 Å². The Morgan fingerprint density at radius 2 is 1.81 bits per heavy atom. The molecule has 0 atom stereocenters. The summed E-state index contributed by atoms with van der Waals surface area (Å²) >= 11 is 8.44. The third-order valence-electron chi connectivity index (χ3n) is 3.39. The molecular weight excluding hydrogens is 416 g/mol. The van der Waals surface area contributed by atoms with Crippen molar-refractivity contribution in [2.24, 2.45) is 0 Å². The lowest BCUT2D eigenvalue weighted by Crippen LogP contribution is -2.34. The van der Waals surface area contributed by atoms with Crippen molar-refractivity contribution in [2.75, 3.05) is 11.9 Å². The molecule has 0 aromatic heterocycles. The minimum Gasteiger partial charge on any atom is -0.465 e. The molecule has 2 aromatic rings. The zero-order valence-corrected chi connectivity index (χ0v) is 16.4. The Morgan fingerprint density at radius 3 is 2.54 bits per heavy atom. The number of rotatable bonds is 7. The van der Waals surface area contributed by atoms with E-state index in [4.69, 9.17) is 17.0 Å². The number of amides is 1. The fourth-order valence-electron chi connectivity index (χ4n) is 2.13. The maximum atomic E-state index is 11.9. The number of hydrogen-bond acceptors (Lipinski definition) is 4. The van der Waals surface area contributed by atoms with Crippen molar-refractivity contribution in [2.45, 2.75) is 19.3 Å². The number of thiocarbonyl (C=S) groups is 1. The molecule has 136 valence electrons. The molecular formula is C19H19BrN2O3S. The highest BCUT2D eigenvalue weighted by molar-refractivity contribution is 9.10. The van der Waals surface area contributed by atoms with E-state index in [1.54, 1.807) is 0 Å². The van der Waals surface area contributed by atoms with E-state index in [0.29, 0.717) is 13.0 Å². The van der Waals surface area contributed by atoms with Gasteiger partial charge in [0.05, 0.1) is 13.0 Å². The second-order valence-electron chi connectivity index (χ2n) is 5.47. The van der Waals surface area contributed by atoms with Crippen molar-refractivity contribution < 1.29 is 14.3 Å². The molecule has 2 aromatic carbocycles. The van der Waals surface area contributed by atoms with Crippen molar-refractivity contribution in [3.05, 3.63) is 64.6 Å². The van der Waals surface area contributed by atoms with Crippen molar-refractivity contribution in [3.8, 4) is 0 Å². The Morgan fingerprint density at radius 1 is 1.04 bits per heavy atom. The number of esters is 1. The summed E-state index contributed by atoms with van der Waals surface area (Å²) in [5.41, 5.74) is 1.85. The fourth-order valence-corrected chi connectivity index (χ4v) is 2.76. The first-order valence-corrected chi connectivity index (χ1v) is 9.29. The van der Waals surface area contributed by atoms with Crippen LogP contribution in [-0.4, -0.2) is 23.6 Å². The minimum atomic E-state index is -0.401. The topological polar surface area (TPSA) is 67.4 Å². The molecule has 0 radical (unpaired) electrons. The standard InChI is InChI=1S/C19H19BrN2O3S/c20-15-7-4-8-16(13-15)21-19(26)22-17(23)9-10-18(24)25-12-11-14-5-2-1-3-6-14/h1-8,13H,9-12H2,(H2,21,22,23,26). The van der Waals surface area contributed by atoms with Crippen molar-refractivity contribution >= 4 is 50.8 Å². The molecule has 7 heteroatoms. The smallest absolute Gasteiger partial charge is 0.306 e. The number of ether oxygens (including phenoxy) is 1. The first-order chi connectivity index (χ1) is 12.5. The molecule has 0 unspecified atom stereocenters. The van der Waals surface area contributed by atoms with Crippen molar-refractivity contribution in [1.82, 2.24) is 5.32 Å². The highest BCUT2D eigenvalue weighted by Gasteiger charge is 2.10. The van der Waals surface area contributed by atoms with E-state index in [1.165, 1.54) is 0 Å². The molecule has 0 saturated heterocycles. The molecule has 2 N–H and O–H groups in total. The molecule has 0 bridgehead atoms. The first kappa shape index (κ1) is 20.1. The lowest BCUT2D eigenvalue weighted by atomic mass is 10.2. The molecule has 2 rings (SSSR count). The summed E-state index contributed by atoms with van der Waals surface area (Å²) in [6.45, 7) is 0.299. The maximum Gasteiger partial charge on any atom is 0.306 e. The van der Waals surface area contributed by atoms with Gasteiger partial charge in [0.1, 0.15) is 0 Å². The van der Waals surface area contributed by atoms with Gasteiger partial charge in [-0.15, -0.1) is 0 Å². The lowest BCUT2D eigenvalue weighted by Gasteiger charge is -2.10. The van der Waals surface area contributed by atoms with Gasteiger partial charge in [-0.05, 0) is 36.0 Å². The molecule has 0 spiro atoms. The minimum absolute atomic E-state index is 0.0140. The number of benzene rings is 2. The number of hydrogen-bond donors (Lipinski definition) is 2. The molecule has 0 saturated carbocycles. The lowest BCUT2D eigenvalue weighted by molar-refractivity contribution is -0.144. The number of anilines is 1. The van der Waals surface area contributed by atoms with Gasteiger partial charge in [-0.25, -0.2) is 0 Å². The summed E-state index contributed by atoms with van der Waals surface area (Å²) in [7, 11) is 0. The summed E-state index contributed by atoms with van der Waals surface area (Å²) < 4.78 is 6.04. The van der Waals surface area contributed by atoms with E-state index in [0.717, 1.165) is 15.7 Å². The van der Waals surface area contributed by atoms with E-state index in [-0.39, 0.29) is 23.9 Å². The Bertz CT molecular complexity index is 768. The predicted octanol–water partition coefficient (Wildman–Crippen LogP) is 3.83. The molecule has 0 aliphatic heterocycles. The Balaban J connectivity index is 1.63. The van der Waals surface area contributed by atoms with Crippen LogP contribution in [0.15, 0.2) is 59.1 Å². The van der Waals surface area contributed by atoms with E-state index >= 15 is 0 Å². The van der Waals surface area contributed by atoms with Crippen LogP contribution in [0.4, 0.5) is 5.69 Å². The third kappa shape index (κ3) is 7.76. The SMILES string of the molecule is O=C(CCC(=O)OCCc1ccccc1)NC(=S)Nc1cccc(Br)c1. The van der Waals surface area contributed by atoms with Gasteiger partial charge in [-0.2, -0.15) is 0 Å². The number of nitrogens with one attached hydrogen (secondary N) is 2. The Hall–Kier alpha value is -2.25. The second-order valence-corrected chi connectivity index (χ2v) is 6.79. The fraction of sp³-hybridized carbons (Fsp3) is 0.211. The van der Waals surface area contributed by atoms with Gasteiger partial charge < -0.3 is 15.4 Å².